The molecule has 0 aliphatic rings. The van der Waals surface area contributed by atoms with Crippen LogP contribution in [0.15, 0.2) is 72.8 Å². The second-order valence-corrected chi connectivity index (χ2v) is 5.94. The lowest BCUT2D eigenvalue weighted by Crippen LogP contribution is -2.02. The van der Waals surface area contributed by atoms with Crippen LogP contribution in [0.4, 0.5) is 17.2 Å². The molecular formula is C21H18N4. The van der Waals surface area contributed by atoms with Gasteiger partial charge in [0.05, 0.1) is 10.9 Å². The average Bonchev–Trinajstić information content (AvgIpc) is 2.64. The molecule has 4 nitrogen and oxygen atoms in total. The minimum Gasteiger partial charge on any atom is -0.398 e. The van der Waals surface area contributed by atoms with Gasteiger partial charge in [0.2, 0.25) is 0 Å². The molecule has 4 rings (SSSR count). The third kappa shape index (κ3) is 2.90. The van der Waals surface area contributed by atoms with Gasteiger partial charge in [-0.15, -0.1) is 0 Å². The monoisotopic (exact) mass is 326 g/mol. The van der Waals surface area contributed by atoms with Crippen molar-refractivity contribution in [2.24, 2.45) is 0 Å². The highest BCUT2D eigenvalue weighted by molar-refractivity contribution is 6.00. The van der Waals surface area contributed by atoms with E-state index < -0.39 is 0 Å². The first-order chi connectivity index (χ1) is 12.2. The molecule has 0 bridgehead atoms. The van der Waals surface area contributed by atoms with Crippen LogP contribution in [-0.2, 0) is 0 Å². The third-order valence-electron chi connectivity index (χ3n) is 4.19. The highest BCUT2D eigenvalue weighted by Gasteiger charge is 2.12. The highest BCUT2D eigenvalue weighted by atomic mass is 15.0. The number of anilines is 3. The predicted molar refractivity (Wildman–Crippen MR) is 104 cm³/mol. The topological polar surface area (TPSA) is 63.8 Å². The molecule has 0 spiro atoms. The van der Waals surface area contributed by atoms with Gasteiger partial charge in [-0.3, -0.25) is 0 Å². The Morgan fingerprint density at radius 3 is 2.36 bits per heavy atom. The Labute approximate surface area is 146 Å². The Hall–Kier alpha value is -3.40. The minimum atomic E-state index is 0.660. The summed E-state index contributed by atoms with van der Waals surface area (Å²) in [5.41, 5.74) is 10.8. The zero-order valence-electron chi connectivity index (χ0n) is 13.9. The fourth-order valence-electron chi connectivity index (χ4n) is 2.86. The van der Waals surface area contributed by atoms with E-state index >= 15 is 0 Å². The lowest BCUT2D eigenvalue weighted by molar-refractivity contribution is 1.22. The van der Waals surface area contributed by atoms with Crippen LogP contribution < -0.4 is 11.1 Å². The van der Waals surface area contributed by atoms with E-state index in [4.69, 9.17) is 15.7 Å². The van der Waals surface area contributed by atoms with Gasteiger partial charge in [-0.1, -0.05) is 54.6 Å². The Morgan fingerprint density at radius 1 is 0.800 bits per heavy atom. The summed E-state index contributed by atoms with van der Waals surface area (Å²) >= 11 is 0. The maximum atomic E-state index is 6.22. The number of aryl methyl sites for hydroxylation is 1. The zero-order valence-corrected chi connectivity index (χ0v) is 13.9. The van der Waals surface area contributed by atoms with Crippen LogP contribution in [0, 0.1) is 6.92 Å². The second kappa shape index (κ2) is 6.24. The first-order valence-electron chi connectivity index (χ1n) is 8.17. The number of fused-ring (bicyclic) bond motifs is 1. The third-order valence-corrected chi connectivity index (χ3v) is 4.19. The zero-order chi connectivity index (χ0) is 17.2. The molecule has 0 atom stereocenters. The molecule has 1 aromatic heterocycles. The van der Waals surface area contributed by atoms with Gasteiger partial charge in [0.25, 0.3) is 0 Å². The van der Waals surface area contributed by atoms with Crippen molar-refractivity contribution in [1.29, 1.82) is 0 Å². The molecule has 0 fully saturated rings. The largest absolute Gasteiger partial charge is 0.398 e. The summed E-state index contributed by atoms with van der Waals surface area (Å²) in [6, 6.07) is 23.8. The van der Waals surface area contributed by atoms with E-state index in [1.807, 2.05) is 66.7 Å². The number of nitrogens with one attached hydrogen (secondary N) is 1. The van der Waals surface area contributed by atoms with Gasteiger partial charge < -0.3 is 11.1 Å². The van der Waals surface area contributed by atoms with Crippen molar-refractivity contribution in [2.45, 2.75) is 6.92 Å². The van der Waals surface area contributed by atoms with Gasteiger partial charge in [-0.05, 0) is 30.7 Å². The summed E-state index contributed by atoms with van der Waals surface area (Å²) in [6.45, 7) is 2.06. The number of para-hydroxylation sites is 1. The quantitative estimate of drug-likeness (QED) is 0.524. The van der Waals surface area contributed by atoms with E-state index in [0.717, 1.165) is 33.5 Å². The minimum absolute atomic E-state index is 0.660. The summed E-state index contributed by atoms with van der Waals surface area (Å²) < 4.78 is 0. The number of benzene rings is 3. The summed E-state index contributed by atoms with van der Waals surface area (Å²) in [5.74, 6) is 1.39. The summed E-state index contributed by atoms with van der Waals surface area (Å²) in [5, 5.41) is 4.27. The average molecular weight is 326 g/mol. The molecule has 0 aliphatic carbocycles. The standard InChI is InChI=1S/C21H18N4/c1-14-8-5-6-12-17(14)23-21-19-16(22)11-7-13-18(19)24-20(25-21)15-9-3-2-4-10-15/h2-13H,22H2,1H3,(H,23,24,25). The molecule has 3 N–H and O–H groups in total. The molecule has 0 amide bonds. The van der Waals surface area contributed by atoms with E-state index in [1.54, 1.807) is 0 Å². The van der Waals surface area contributed by atoms with Gasteiger partial charge >= 0.3 is 0 Å². The van der Waals surface area contributed by atoms with Gasteiger partial charge in [-0.25, -0.2) is 9.97 Å². The van der Waals surface area contributed by atoms with E-state index in [2.05, 4.69) is 18.3 Å². The molecule has 0 radical (unpaired) electrons. The number of nitrogens with two attached hydrogens (primary N) is 1. The maximum absolute atomic E-state index is 6.22. The lowest BCUT2D eigenvalue weighted by atomic mass is 10.1. The lowest BCUT2D eigenvalue weighted by Gasteiger charge is -2.14. The van der Waals surface area contributed by atoms with Crippen LogP contribution in [0.2, 0.25) is 0 Å². The van der Waals surface area contributed by atoms with Gasteiger partial charge in [0.15, 0.2) is 5.82 Å². The van der Waals surface area contributed by atoms with Crippen molar-refractivity contribution in [2.75, 3.05) is 11.1 Å². The first-order valence-corrected chi connectivity index (χ1v) is 8.17. The Kier molecular flexibility index (Phi) is 3.78. The maximum Gasteiger partial charge on any atom is 0.162 e. The molecular weight excluding hydrogens is 308 g/mol. The predicted octanol–water partition coefficient (Wildman–Crippen LogP) is 4.93. The Bertz CT molecular complexity index is 1040. The fourth-order valence-corrected chi connectivity index (χ4v) is 2.86. The molecule has 0 saturated heterocycles. The van der Waals surface area contributed by atoms with Crippen molar-refractivity contribution in [1.82, 2.24) is 9.97 Å². The number of aromatic nitrogens is 2. The number of hydrogen-bond donors (Lipinski definition) is 2. The van der Waals surface area contributed by atoms with Gasteiger partial charge in [0.1, 0.15) is 5.82 Å². The highest BCUT2D eigenvalue weighted by Crippen LogP contribution is 2.31. The van der Waals surface area contributed by atoms with Crippen molar-refractivity contribution in [3.8, 4) is 11.4 Å². The number of hydrogen-bond acceptors (Lipinski definition) is 4. The van der Waals surface area contributed by atoms with Crippen molar-refractivity contribution < 1.29 is 0 Å². The Balaban J connectivity index is 1.93. The fraction of sp³-hybridized carbons (Fsp3) is 0.0476. The van der Waals surface area contributed by atoms with Crippen LogP contribution in [0.25, 0.3) is 22.3 Å². The molecule has 1 heterocycles. The van der Waals surface area contributed by atoms with Gasteiger partial charge in [0, 0.05) is 16.9 Å². The van der Waals surface area contributed by atoms with Crippen molar-refractivity contribution in [3.05, 3.63) is 78.4 Å². The number of nitrogens with zero attached hydrogens (tertiary/aromatic N) is 2. The van der Waals surface area contributed by atoms with E-state index in [0.29, 0.717) is 11.5 Å². The molecule has 0 aliphatic heterocycles. The summed E-state index contributed by atoms with van der Waals surface area (Å²) in [7, 11) is 0. The number of rotatable bonds is 3. The molecule has 3 aromatic carbocycles. The Morgan fingerprint density at radius 2 is 1.56 bits per heavy atom. The van der Waals surface area contributed by atoms with E-state index in [1.165, 1.54) is 0 Å². The summed E-state index contributed by atoms with van der Waals surface area (Å²) in [4.78, 5) is 9.47. The smallest absolute Gasteiger partial charge is 0.162 e. The van der Waals surface area contributed by atoms with Crippen molar-refractivity contribution >= 4 is 28.1 Å². The molecule has 122 valence electrons. The van der Waals surface area contributed by atoms with Crippen LogP contribution in [0.5, 0.6) is 0 Å². The summed E-state index contributed by atoms with van der Waals surface area (Å²) in [6.07, 6.45) is 0. The molecule has 0 saturated carbocycles. The van der Waals surface area contributed by atoms with Crippen LogP contribution in [0.3, 0.4) is 0 Å². The SMILES string of the molecule is Cc1ccccc1Nc1nc(-c2ccccc2)nc2cccc(N)c12. The second-order valence-electron chi connectivity index (χ2n) is 5.94. The number of nitrogen functional groups attached to an aromatic ring is 1. The molecule has 0 unspecified atom stereocenters. The molecule has 4 heteroatoms. The molecule has 4 aromatic rings. The van der Waals surface area contributed by atoms with E-state index in [9.17, 15) is 0 Å². The van der Waals surface area contributed by atoms with Crippen molar-refractivity contribution in [3.63, 3.8) is 0 Å². The normalized spacial score (nSPS) is 10.8. The van der Waals surface area contributed by atoms with Crippen LogP contribution in [0.1, 0.15) is 5.56 Å². The van der Waals surface area contributed by atoms with Crippen LogP contribution in [-0.4, -0.2) is 9.97 Å². The first kappa shape index (κ1) is 15.1. The van der Waals surface area contributed by atoms with Gasteiger partial charge in [-0.2, -0.15) is 0 Å². The van der Waals surface area contributed by atoms with Crippen LogP contribution >= 0.6 is 0 Å². The molecule has 25 heavy (non-hydrogen) atoms. The van der Waals surface area contributed by atoms with E-state index in [-0.39, 0.29) is 0 Å².